The van der Waals surface area contributed by atoms with Crippen LogP contribution in [0, 0.1) is 0 Å². The van der Waals surface area contributed by atoms with E-state index in [1.807, 2.05) is 0 Å². The van der Waals surface area contributed by atoms with Crippen LogP contribution in [0.3, 0.4) is 0 Å². The van der Waals surface area contributed by atoms with Crippen molar-refractivity contribution in [2.75, 3.05) is 53.4 Å². The zero-order valence-electron chi connectivity index (χ0n) is 14.6. The molecule has 0 aliphatic heterocycles. The van der Waals surface area contributed by atoms with E-state index in [1.54, 1.807) is 14.1 Å². The van der Waals surface area contributed by atoms with Gasteiger partial charge in [-0.15, -0.1) is 0 Å². The van der Waals surface area contributed by atoms with Gasteiger partial charge in [0.15, 0.2) is 0 Å². The number of likely N-dealkylation sites (N-methyl/N-ethyl adjacent to an activating group) is 1. The van der Waals surface area contributed by atoms with E-state index in [0.717, 1.165) is 32.4 Å². The molecule has 0 saturated carbocycles. The fraction of sp³-hybridized carbons (Fsp3) is 0.867. The molecule has 2 amide bonds. The molecule has 8 heteroatoms. The molecule has 0 rings (SSSR count). The molecule has 8 nitrogen and oxygen atoms in total. The molecule has 0 aliphatic carbocycles. The lowest BCUT2D eigenvalue weighted by atomic mass is 10.1. The van der Waals surface area contributed by atoms with E-state index in [4.69, 9.17) is 11.5 Å². The lowest BCUT2D eigenvalue weighted by Gasteiger charge is -2.19. The average molecular weight is 330 g/mol. The highest BCUT2D eigenvalue weighted by Crippen LogP contribution is 1.98. The van der Waals surface area contributed by atoms with E-state index in [1.165, 1.54) is 4.90 Å². The van der Waals surface area contributed by atoms with E-state index >= 15 is 0 Å². The molecule has 0 aromatic rings. The third-order valence-electron chi connectivity index (χ3n) is 3.40. The van der Waals surface area contributed by atoms with Crippen LogP contribution in [-0.2, 0) is 9.59 Å². The highest BCUT2D eigenvalue weighted by atomic mass is 16.2. The maximum absolute atomic E-state index is 12.2. The van der Waals surface area contributed by atoms with Gasteiger partial charge in [-0.25, -0.2) is 0 Å². The van der Waals surface area contributed by atoms with Gasteiger partial charge in [-0.05, 0) is 58.4 Å². The van der Waals surface area contributed by atoms with E-state index in [2.05, 4.69) is 16.0 Å². The standard InChI is InChI=1S/C15H34N6O2/c1-21(2)14(22)12-20-15(23)13(19-11-5-8-17)6-3-9-18-10-4-7-16/h13,18-19H,3-12,16-17H2,1-2H3,(H,20,23)/t13-/m0/s1. The number of hydrogen-bond acceptors (Lipinski definition) is 6. The van der Waals surface area contributed by atoms with Crippen molar-refractivity contribution in [1.82, 2.24) is 20.9 Å². The monoisotopic (exact) mass is 330 g/mol. The number of rotatable bonds is 14. The lowest BCUT2D eigenvalue weighted by molar-refractivity contribution is -0.131. The smallest absolute Gasteiger partial charge is 0.241 e. The third kappa shape index (κ3) is 11.9. The summed E-state index contributed by atoms with van der Waals surface area (Å²) < 4.78 is 0. The van der Waals surface area contributed by atoms with Crippen molar-refractivity contribution < 1.29 is 9.59 Å². The number of nitrogens with two attached hydrogens (primary N) is 2. The molecule has 0 saturated heterocycles. The minimum Gasteiger partial charge on any atom is -0.347 e. The van der Waals surface area contributed by atoms with Crippen molar-refractivity contribution >= 4 is 11.8 Å². The van der Waals surface area contributed by atoms with Crippen molar-refractivity contribution in [2.45, 2.75) is 31.7 Å². The van der Waals surface area contributed by atoms with Gasteiger partial charge in [0.1, 0.15) is 0 Å². The summed E-state index contributed by atoms with van der Waals surface area (Å²) in [4.78, 5) is 25.2. The second kappa shape index (κ2) is 14.4. The summed E-state index contributed by atoms with van der Waals surface area (Å²) in [6.45, 7) is 3.72. The van der Waals surface area contributed by atoms with Gasteiger partial charge in [0.2, 0.25) is 11.8 Å². The van der Waals surface area contributed by atoms with E-state index < -0.39 is 0 Å². The molecule has 0 aliphatic rings. The van der Waals surface area contributed by atoms with Gasteiger partial charge in [0.05, 0.1) is 12.6 Å². The largest absolute Gasteiger partial charge is 0.347 e. The Labute approximate surface area is 139 Å². The summed E-state index contributed by atoms with van der Waals surface area (Å²) in [5.41, 5.74) is 10.9. The Kier molecular flexibility index (Phi) is 13.6. The minimum absolute atomic E-state index is 0.0235. The molecule has 0 heterocycles. The topological polar surface area (TPSA) is 126 Å². The minimum atomic E-state index is -0.298. The van der Waals surface area contributed by atoms with Gasteiger partial charge < -0.3 is 32.3 Å². The molecule has 0 spiro atoms. The molecular formula is C15H34N6O2. The van der Waals surface area contributed by atoms with Crippen LogP contribution in [0.25, 0.3) is 0 Å². The first kappa shape index (κ1) is 21.8. The molecule has 23 heavy (non-hydrogen) atoms. The molecule has 0 aromatic carbocycles. The first-order chi connectivity index (χ1) is 11.0. The molecule has 0 bridgehead atoms. The lowest BCUT2D eigenvalue weighted by Crippen LogP contribution is -2.47. The Bertz CT molecular complexity index is 325. The molecule has 0 radical (unpaired) electrons. The van der Waals surface area contributed by atoms with Crippen molar-refractivity contribution in [1.29, 1.82) is 0 Å². The summed E-state index contributed by atoms with van der Waals surface area (Å²) in [5.74, 6) is -0.262. The van der Waals surface area contributed by atoms with E-state index in [9.17, 15) is 9.59 Å². The highest BCUT2D eigenvalue weighted by Gasteiger charge is 2.18. The van der Waals surface area contributed by atoms with Crippen molar-refractivity contribution in [3.05, 3.63) is 0 Å². The third-order valence-corrected chi connectivity index (χ3v) is 3.40. The van der Waals surface area contributed by atoms with Crippen LogP contribution in [0.4, 0.5) is 0 Å². The molecule has 1 atom stereocenters. The predicted molar refractivity (Wildman–Crippen MR) is 92.9 cm³/mol. The van der Waals surface area contributed by atoms with Crippen LogP contribution in [0.15, 0.2) is 0 Å². The quantitative estimate of drug-likeness (QED) is 0.240. The van der Waals surface area contributed by atoms with Crippen molar-refractivity contribution in [3.8, 4) is 0 Å². The van der Waals surface area contributed by atoms with Gasteiger partial charge in [0, 0.05) is 14.1 Å². The van der Waals surface area contributed by atoms with Crippen LogP contribution in [0.1, 0.15) is 25.7 Å². The second-order valence-corrected chi connectivity index (χ2v) is 5.69. The SMILES string of the molecule is CN(C)C(=O)CNC(=O)[C@H](CCCNCCCN)NCCCN. The fourth-order valence-electron chi connectivity index (χ4n) is 1.93. The Morgan fingerprint density at radius 3 is 2.22 bits per heavy atom. The number of nitrogens with one attached hydrogen (secondary N) is 3. The second-order valence-electron chi connectivity index (χ2n) is 5.69. The summed E-state index contributed by atoms with van der Waals surface area (Å²) in [5, 5.41) is 9.19. The Balaban J connectivity index is 4.15. The molecule has 136 valence electrons. The van der Waals surface area contributed by atoms with Gasteiger partial charge >= 0.3 is 0 Å². The first-order valence-corrected chi connectivity index (χ1v) is 8.35. The van der Waals surface area contributed by atoms with Gasteiger partial charge in [-0.3, -0.25) is 9.59 Å². The summed E-state index contributed by atoms with van der Waals surface area (Å²) in [6, 6.07) is -0.298. The van der Waals surface area contributed by atoms with Crippen molar-refractivity contribution in [3.63, 3.8) is 0 Å². The Morgan fingerprint density at radius 2 is 1.61 bits per heavy atom. The van der Waals surface area contributed by atoms with Crippen LogP contribution in [0.5, 0.6) is 0 Å². The number of hydrogen-bond donors (Lipinski definition) is 5. The maximum atomic E-state index is 12.2. The zero-order valence-corrected chi connectivity index (χ0v) is 14.6. The first-order valence-electron chi connectivity index (χ1n) is 8.35. The zero-order chi connectivity index (χ0) is 17.5. The van der Waals surface area contributed by atoms with Crippen molar-refractivity contribution in [2.24, 2.45) is 11.5 Å². The number of nitrogens with zero attached hydrogens (tertiary/aromatic N) is 1. The Hall–Kier alpha value is -1.22. The van der Waals surface area contributed by atoms with Gasteiger partial charge in [-0.1, -0.05) is 0 Å². The molecular weight excluding hydrogens is 296 g/mol. The average Bonchev–Trinajstić information content (AvgIpc) is 2.53. The van der Waals surface area contributed by atoms with Crippen LogP contribution < -0.4 is 27.4 Å². The van der Waals surface area contributed by atoms with Crippen LogP contribution in [0.2, 0.25) is 0 Å². The fourth-order valence-corrected chi connectivity index (χ4v) is 1.93. The molecule has 0 aromatic heterocycles. The maximum Gasteiger partial charge on any atom is 0.241 e. The summed E-state index contributed by atoms with van der Waals surface area (Å²) in [6.07, 6.45) is 3.35. The molecule has 0 fully saturated rings. The molecule has 0 unspecified atom stereocenters. The predicted octanol–water partition coefficient (Wildman–Crippen LogP) is -1.78. The van der Waals surface area contributed by atoms with E-state index in [-0.39, 0.29) is 24.4 Å². The number of carbonyl (C=O) groups is 2. The van der Waals surface area contributed by atoms with Crippen LogP contribution >= 0.6 is 0 Å². The van der Waals surface area contributed by atoms with Gasteiger partial charge in [0.25, 0.3) is 0 Å². The summed E-state index contributed by atoms with van der Waals surface area (Å²) >= 11 is 0. The highest BCUT2D eigenvalue weighted by molar-refractivity contribution is 5.87. The normalized spacial score (nSPS) is 12.0. The number of carbonyl (C=O) groups excluding carboxylic acids is 2. The Morgan fingerprint density at radius 1 is 1.00 bits per heavy atom. The van der Waals surface area contributed by atoms with E-state index in [0.29, 0.717) is 26.1 Å². The van der Waals surface area contributed by atoms with Gasteiger partial charge in [-0.2, -0.15) is 0 Å². The molecule has 7 N–H and O–H groups in total. The van der Waals surface area contributed by atoms with Crippen LogP contribution in [-0.4, -0.2) is 76.1 Å². The number of amides is 2. The summed E-state index contributed by atoms with van der Waals surface area (Å²) in [7, 11) is 3.33.